The highest BCUT2D eigenvalue weighted by molar-refractivity contribution is 5.59. The lowest BCUT2D eigenvalue weighted by atomic mass is 9.95. The predicted molar refractivity (Wildman–Crippen MR) is 87.0 cm³/mol. The molecule has 21 heavy (non-hydrogen) atoms. The molecule has 1 aromatic heterocycles. The van der Waals surface area contributed by atoms with Crippen LogP contribution in [-0.2, 0) is 0 Å². The Labute approximate surface area is 126 Å². The van der Waals surface area contributed by atoms with Crippen LogP contribution in [0.15, 0.2) is 36.7 Å². The van der Waals surface area contributed by atoms with Gasteiger partial charge in [-0.05, 0) is 37.5 Å². The molecule has 1 heterocycles. The van der Waals surface area contributed by atoms with E-state index in [4.69, 9.17) is 0 Å². The quantitative estimate of drug-likeness (QED) is 0.879. The van der Waals surface area contributed by atoms with Gasteiger partial charge in [0.15, 0.2) is 0 Å². The van der Waals surface area contributed by atoms with E-state index in [-0.39, 0.29) is 0 Å². The van der Waals surface area contributed by atoms with Gasteiger partial charge >= 0.3 is 0 Å². The molecule has 3 rings (SSSR count). The lowest BCUT2D eigenvalue weighted by molar-refractivity contribution is 0.462. The van der Waals surface area contributed by atoms with Crippen molar-refractivity contribution in [1.29, 1.82) is 0 Å². The summed E-state index contributed by atoms with van der Waals surface area (Å²) in [5.74, 6) is 1.74. The van der Waals surface area contributed by atoms with Gasteiger partial charge in [0.2, 0.25) is 0 Å². The maximum atomic E-state index is 4.33. The van der Waals surface area contributed by atoms with Crippen LogP contribution in [0.4, 0.5) is 17.3 Å². The van der Waals surface area contributed by atoms with Crippen molar-refractivity contribution in [2.24, 2.45) is 0 Å². The molecule has 1 aliphatic rings. The van der Waals surface area contributed by atoms with Gasteiger partial charge in [0, 0.05) is 17.8 Å². The largest absolute Gasteiger partial charge is 0.367 e. The summed E-state index contributed by atoms with van der Waals surface area (Å²) in [6.45, 7) is 2.08. The second-order valence-corrected chi connectivity index (χ2v) is 5.76. The van der Waals surface area contributed by atoms with Crippen LogP contribution in [0.25, 0.3) is 0 Å². The van der Waals surface area contributed by atoms with Crippen LogP contribution in [0.3, 0.4) is 0 Å². The average molecular weight is 282 g/mol. The molecule has 0 unspecified atom stereocenters. The maximum absolute atomic E-state index is 4.33. The Morgan fingerprint density at radius 3 is 2.62 bits per heavy atom. The van der Waals surface area contributed by atoms with Gasteiger partial charge in [0.05, 0.1) is 0 Å². The molecule has 0 spiro atoms. The van der Waals surface area contributed by atoms with Crippen LogP contribution in [-0.4, -0.2) is 16.0 Å². The Balaban J connectivity index is 1.67. The van der Waals surface area contributed by atoms with Crippen LogP contribution in [0, 0.1) is 6.92 Å². The summed E-state index contributed by atoms with van der Waals surface area (Å²) in [6, 6.07) is 10.8. The van der Waals surface area contributed by atoms with Crippen LogP contribution in [0.1, 0.15) is 37.7 Å². The van der Waals surface area contributed by atoms with Gasteiger partial charge in [-0.3, -0.25) is 0 Å². The fourth-order valence-electron chi connectivity index (χ4n) is 2.83. The minimum Gasteiger partial charge on any atom is -0.367 e. The molecule has 0 bridgehead atoms. The number of nitrogens with zero attached hydrogens (tertiary/aromatic N) is 2. The van der Waals surface area contributed by atoms with E-state index in [9.17, 15) is 0 Å². The lowest BCUT2D eigenvalue weighted by Gasteiger charge is -2.23. The van der Waals surface area contributed by atoms with Crippen LogP contribution < -0.4 is 10.6 Å². The first-order chi connectivity index (χ1) is 10.3. The van der Waals surface area contributed by atoms with E-state index in [0.29, 0.717) is 6.04 Å². The van der Waals surface area contributed by atoms with E-state index in [1.807, 2.05) is 18.2 Å². The minimum absolute atomic E-state index is 0.556. The zero-order valence-electron chi connectivity index (χ0n) is 12.5. The summed E-state index contributed by atoms with van der Waals surface area (Å²) in [5, 5.41) is 6.86. The average Bonchev–Trinajstić information content (AvgIpc) is 2.49. The van der Waals surface area contributed by atoms with Gasteiger partial charge in [-0.2, -0.15) is 0 Å². The molecule has 1 aromatic carbocycles. The number of aromatic nitrogens is 2. The van der Waals surface area contributed by atoms with Crippen LogP contribution >= 0.6 is 0 Å². The number of aryl methyl sites for hydroxylation is 1. The van der Waals surface area contributed by atoms with Gasteiger partial charge in [-0.25, -0.2) is 9.97 Å². The second kappa shape index (κ2) is 6.57. The van der Waals surface area contributed by atoms with Crippen molar-refractivity contribution >= 4 is 17.3 Å². The first kappa shape index (κ1) is 13.9. The molecule has 1 saturated carbocycles. The Bertz CT molecular complexity index is 591. The van der Waals surface area contributed by atoms with Gasteiger partial charge in [-0.15, -0.1) is 0 Å². The zero-order chi connectivity index (χ0) is 14.5. The molecule has 1 fully saturated rings. The predicted octanol–water partition coefficient (Wildman–Crippen LogP) is 4.27. The number of nitrogens with one attached hydrogen (secondary N) is 2. The van der Waals surface area contributed by atoms with Gasteiger partial charge in [-0.1, -0.05) is 31.4 Å². The molecule has 0 amide bonds. The van der Waals surface area contributed by atoms with E-state index in [1.165, 1.54) is 37.7 Å². The summed E-state index contributed by atoms with van der Waals surface area (Å²) >= 11 is 0. The Kier molecular flexibility index (Phi) is 4.34. The first-order valence-corrected chi connectivity index (χ1v) is 7.72. The van der Waals surface area contributed by atoms with E-state index in [0.717, 1.165) is 17.3 Å². The number of benzene rings is 1. The Hall–Kier alpha value is -2.10. The normalized spacial score (nSPS) is 15.7. The number of rotatable bonds is 4. The summed E-state index contributed by atoms with van der Waals surface area (Å²) in [6.07, 6.45) is 8.09. The van der Waals surface area contributed by atoms with Crippen molar-refractivity contribution in [1.82, 2.24) is 9.97 Å². The first-order valence-electron chi connectivity index (χ1n) is 7.72. The van der Waals surface area contributed by atoms with Crippen molar-refractivity contribution in [3.8, 4) is 0 Å². The van der Waals surface area contributed by atoms with E-state index >= 15 is 0 Å². The molecule has 0 saturated heterocycles. The standard InChI is InChI=1S/C17H22N4/c1-13-6-5-9-15(10-13)21-17-11-16(18-12-19-17)20-14-7-3-2-4-8-14/h5-6,9-12,14H,2-4,7-8H2,1H3,(H2,18,19,20,21). The molecule has 4 heteroatoms. The molecule has 0 atom stereocenters. The zero-order valence-corrected chi connectivity index (χ0v) is 12.5. The van der Waals surface area contributed by atoms with Crippen molar-refractivity contribution in [3.05, 3.63) is 42.2 Å². The molecule has 2 N–H and O–H groups in total. The van der Waals surface area contributed by atoms with E-state index < -0.39 is 0 Å². The fourth-order valence-corrected chi connectivity index (χ4v) is 2.83. The summed E-state index contributed by atoms with van der Waals surface area (Å²) in [5.41, 5.74) is 2.28. The molecular formula is C17H22N4. The van der Waals surface area contributed by atoms with Crippen molar-refractivity contribution in [3.63, 3.8) is 0 Å². The molecule has 110 valence electrons. The van der Waals surface area contributed by atoms with E-state index in [2.05, 4.69) is 39.7 Å². The summed E-state index contributed by atoms with van der Waals surface area (Å²) in [4.78, 5) is 8.63. The Morgan fingerprint density at radius 2 is 1.81 bits per heavy atom. The fraction of sp³-hybridized carbons (Fsp3) is 0.412. The third-order valence-electron chi connectivity index (χ3n) is 3.91. The summed E-state index contributed by atoms with van der Waals surface area (Å²) in [7, 11) is 0. The van der Waals surface area contributed by atoms with Crippen molar-refractivity contribution in [2.75, 3.05) is 10.6 Å². The Morgan fingerprint density at radius 1 is 1.00 bits per heavy atom. The van der Waals surface area contributed by atoms with Crippen molar-refractivity contribution in [2.45, 2.75) is 45.1 Å². The monoisotopic (exact) mass is 282 g/mol. The van der Waals surface area contributed by atoms with Crippen LogP contribution in [0.5, 0.6) is 0 Å². The number of anilines is 3. The third kappa shape index (κ3) is 3.94. The molecule has 2 aromatic rings. The third-order valence-corrected chi connectivity index (χ3v) is 3.91. The highest BCUT2D eigenvalue weighted by atomic mass is 15.1. The molecular weight excluding hydrogens is 260 g/mol. The highest BCUT2D eigenvalue weighted by Gasteiger charge is 2.13. The van der Waals surface area contributed by atoms with Gasteiger partial charge in [0.25, 0.3) is 0 Å². The smallest absolute Gasteiger partial charge is 0.135 e. The molecule has 1 aliphatic carbocycles. The number of hydrogen-bond acceptors (Lipinski definition) is 4. The minimum atomic E-state index is 0.556. The highest BCUT2D eigenvalue weighted by Crippen LogP contribution is 2.22. The maximum Gasteiger partial charge on any atom is 0.135 e. The molecule has 0 aliphatic heterocycles. The van der Waals surface area contributed by atoms with E-state index in [1.54, 1.807) is 6.33 Å². The second-order valence-electron chi connectivity index (χ2n) is 5.76. The van der Waals surface area contributed by atoms with Crippen LogP contribution in [0.2, 0.25) is 0 Å². The molecule has 0 radical (unpaired) electrons. The number of hydrogen-bond donors (Lipinski definition) is 2. The van der Waals surface area contributed by atoms with Gasteiger partial charge in [0.1, 0.15) is 18.0 Å². The topological polar surface area (TPSA) is 49.8 Å². The molecule has 4 nitrogen and oxygen atoms in total. The van der Waals surface area contributed by atoms with Gasteiger partial charge < -0.3 is 10.6 Å². The lowest BCUT2D eigenvalue weighted by Crippen LogP contribution is -2.22. The van der Waals surface area contributed by atoms with Crippen molar-refractivity contribution < 1.29 is 0 Å². The summed E-state index contributed by atoms with van der Waals surface area (Å²) < 4.78 is 0. The SMILES string of the molecule is Cc1cccc(Nc2cc(NC3CCCCC3)ncn2)c1.